The highest BCUT2D eigenvalue weighted by Gasteiger charge is 2.31. The van der Waals surface area contributed by atoms with Gasteiger partial charge in [-0.25, -0.2) is 0 Å². The summed E-state index contributed by atoms with van der Waals surface area (Å²) in [4.78, 5) is 0. The van der Waals surface area contributed by atoms with Gasteiger partial charge in [0.1, 0.15) is 0 Å². The first kappa shape index (κ1) is 12.0. The average molecular weight is 194 g/mol. The third-order valence-corrected chi connectivity index (χ3v) is 3.63. The highest BCUT2D eigenvalue weighted by molar-refractivity contribution is 6.59. The van der Waals surface area contributed by atoms with Gasteiger partial charge >= 0.3 is 8.80 Å². The van der Waals surface area contributed by atoms with Crippen LogP contribution in [0.2, 0.25) is 6.55 Å². The zero-order chi connectivity index (χ0) is 9.61. The number of hydrogen-bond acceptors (Lipinski definition) is 5. The van der Waals surface area contributed by atoms with Gasteiger partial charge in [-0.2, -0.15) is 0 Å². The molecule has 0 amide bonds. The van der Waals surface area contributed by atoms with Gasteiger partial charge in [0.2, 0.25) is 0 Å². The molecule has 0 rings (SSSR count). The van der Waals surface area contributed by atoms with Crippen LogP contribution in [-0.4, -0.2) is 35.9 Å². The third kappa shape index (κ3) is 4.81. The first-order chi connectivity index (χ1) is 5.54. The van der Waals surface area contributed by atoms with Crippen molar-refractivity contribution in [3.63, 3.8) is 0 Å². The molecule has 0 aromatic rings. The van der Waals surface area contributed by atoms with Gasteiger partial charge in [0.15, 0.2) is 0 Å². The molecule has 3 N–H and O–H groups in total. The first-order valence-corrected chi connectivity index (χ1v) is 6.00. The van der Waals surface area contributed by atoms with Crippen LogP contribution in [0, 0.1) is 0 Å². The van der Waals surface area contributed by atoms with Crippen LogP contribution < -0.4 is 11.1 Å². The minimum absolute atomic E-state index is 0.0861. The summed E-state index contributed by atoms with van der Waals surface area (Å²) in [5, 5.41) is 2.90. The Kier molecular flexibility index (Phi) is 5.63. The van der Waals surface area contributed by atoms with Gasteiger partial charge in [0.25, 0.3) is 0 Å². The summed E-state index contributed by atoms with van der Waals surface area (Å²) >= 11 is 0. The van der Waals surface area contributed by atoms with Crippen molar-refractivity contribution >= 4 is 8.80 Å². The van der Waals surface area contributed by atoms with Crippen molar-refractivity contribution in [2.45, 2.75) is 19.6 Å². The SMILES string of the molecule is CO[Si](C)(OC)OCNC(C)N. The molecule has 0 aliphatic heterocycles. The molecule has 0 radical (unpaired) electrons. The Balaban J connectivity index is 3.58. The molecule has 0 saturated heterocycles. The quantitative estimate of drug-likeness (QED) is 0.449. The van der Waals surface area contributed by atoms with Crippen molar-refractivity contribution in [1.29, 1.82) is 0 Å². The van der Waals surface area contributed by atoms with E-state index in [9.17, 15) is 0 Å². The molecule has 5 nitrogen and oxygen atoms in total. The van der Waals surface area contributed by atoms with E-state index >= 15 is 0 Å². The molecule has 0 fully saturated rings. The fourth-order valence-corrected chi connectivity index (χ4v) is 1.25. The molecule has 6 heteroatoms. The van der Waals surface area contributed by atoms with Crippen molar-refractivity contribution in [1.82, 2.24) is 5.32 Å². The van der Waals surface area contributed by atoms with Gasteiger partial charge in [-0.1, -0.05) is 0 Å². The van der Waals surface area contributed by atoms with Crippen LogP contribution in [0.5, 0.6) is 0 Å². The van der Waals surface area contributed by atoms with Gasteiger partial charge in [-0.05, 0) is 6.92 Å². The van der Waals surface area contributed by atoms with E-state index in [2.05, 4.69) is 5.32 Å². The normalized spacial score (nSPS) is 14.8. The maximum atomic E-state index is 5.45. The van der Waals surface area contributed by atoms with E-state index in [0.717, 1.165) is 0 Å². The standard InChI is InChI=1S/C6H18N2O3Si/c1-6(7)8-5-11-12(4,9-2)10-3/h6,8H,5,7H2,1-4H3. The summed E-state index contributed by atoms with van der Waals surface area (Å²) in [6.07, 6.45) is -0.0861. The van der Waals surface area contributed by atoms with Crippen molar-refractivity contribution in [3.05, 3.63) is 0 Å². The third-order valence-electron chi connectivity index (χ3n) is 1.48. The molecule has 0 aliphatic carbocycles. The number of nitrogens with one attached hydrogen (secondary N) is 1. The van der Waals surface area contributed by atoms with E-state index in [1.54, 1.807) is 14.2 Å². The van der Waals surface area contributed by atoms with E-state index in [0.29, 0.717) is 6.73 Å². The fourth-order valence-electron chi connectivity index (χ4n) is 0.505. The number of nitrogens with two attached hydrogens (primary N) is 1. The molecule has 0 aliphatic rings. The molecule has 0 aromatic carbocycles. The molecule has 0 bridgehead atoms. The predicted molar refractivity (Wildman–Crippen MR) is 48.4 cm³/mol. The molecule has 0 saturated carbocycles. The van der Waals surface area contributed by atoms with Gasteiger partial charge in [0.05, 0.1) is 12.9 Å². The summed E-state index contributed by atoms with van der Waals surface area (Å²) in [6.45, 7) is 4.00. The van der Waals surface area contributed by atoms with E-state index in [1.807, 2.05) is 13.5 Å². The zero-order valence-electron chi connectivity index (χ0n) is 8.09. The van der Waals surface area contributed by atoms with Crippen molar-refractivity contribution in [2.75, 3.05) is 21.0 Å². The Morgan fingerprint density at radius 3 is 2.25 bits per heavy atom. The predicted octanol–water partition coefficient (Wildman–Crippen LogP) is -0.284. The average Bonchev–Trinajstić information content (AvgIpc) is 2.03. The highest BCUT2D eigenvalue weighted by Crippen LogP contribution is 2.04. The zero-order valence-corrected chi connectivity index (χ0v) is 9.09. The molecular formula is C6H18N2O3Si. The van der Waals surface area contributed by atoms with Gasteiger partial charge in [-0.3, -0.25) is 5.32 Å². The van der Waals surface area contributed by atoms with E-state index in [4.69, 9.17) is 19.0 Å². The van der Waals surface area contributed by atoms with Gasteiger partial charge in [0, 0.05) is 20.8 Å². The second-order valence-electron chi connectivity index (χ2n) is 2.55. The topological polar surface area (TPSA) is 65.7 Å². The molecule has 0 aromatic heterocycles. The van der Waals surface area contributed by atoms with Crippen LogP contribution in [0.4, 0.5) is 0 Å². The molecule has 0 spiro atoms. The number of hydrogen-bond donors (Lipinski definition) is 2. The Morgan fingerprint density at radius 1 is 1.42 bits per heavy atom. The second-order valence-corrected chi connectivity index (χ2v) is 5.38. The van der Waals surface area contributed by atoms with Crippen molar-refractivity contribution in [2.24, 2.45) is 5.73 Å². The lowest BCUT2D eigenvalue weighted by molar-refractivity contribution is 0.0941. The van der Waals surface area contributed by atoms with Crippen LogP contribution in [0.15, 0.2) is 0 Å². The Morgan fingerprint density at radius 2 is 1.92 bits per heavy atom. The largest absolute Gasteiger partial charge is 0.498 e. The summed E-state index contributed by atoms with van der Waals surface area (Å²) in [5.41, 5.74) is 5.45. The fraction of sp³-hybridized carbons (Fsp3) is 1.00. The lowest BCUT2D eigenvalue weighted by Crippen LogP contribution is -2.45. The van der Waals surface area contributed by atoms with E-state index in [1.165, 1.54) is 0 Å². The van der Waals surface area contributed by atoms with Crippen LogP contribution in [0.1, 0.15) is 6.92 Å². The molecule has 0 heterocycles. The minimum Gasteiger partial charge on any atom is -0.377 e. The van der Waals surface area contributed by atoms with Crippen LogP contribution in [0.25, 0.3) is 0 Å². The monoisotopic (exact) mass is 194 g/mol. The Bertz CT molecular complexity index is 119. The summed E-state index contributed by atoms with van der Waals surface area (Å²) < 4.78 is 15.5. The minimum atomic E-state index is -2.38. The van der Waals surface area contributed by atoms with Crippen LogP contribution >= 0.6 is 0 Å². The second kappa shape index (κ2) is 5.63. The highest BCUT2D eigenvalue weighted by atomic mass is 28.4. The molecule has 1 atom stereocenters. The maximum Gasteiger partial charge on any atom is 0.498 e. The Labute approximate surface area is 74.5 Å². The lowest BCUT2D eigenvalue weighted by Gasteiger charge is -2.22. The summed E-state index contributed by atoms with van der Waals surface area (Å²) in [5.74, 6) is 0. The molecule has 12 heavy (non-hydrogen) atoms. The molecular weight excluding hydrogens is 176 g/mol. The lowest BCUT2D eigenvalue weighted by atomic mass is 10.6. The maximum absolute atomic E-state index is 5.45. The number of rotatable bonds is 6. The van der Waals surface area contributed by atoms with Gasteiger partial charge in [-0.15, -0.1) is 0 Å². The molecule has 74 valence electrons. The van der Waals surface area contributed by atoms with Crippen LogP contribution in [-0.2, 0) is 13.3 Å². The Hall–Kier alpha value is 0.0169. The van der Waals surface area contributed by atoms with Crippen LogP contribution in [0.3, 0.4) is 0 Å². The van der Waals surface area contributed by atoms with E-state index in [-0.39, 0.29) is 6.17 Å². The first-order valence-electron chi connectivity index (χ1n) is 3.77. The van der Waals surface area contributed by atoms with Crippen molar-refractivity contribution in [3.8, 4) is 0 Å². The van der Waals surface area contributed by atoms with Gasteiger partial charge < -0.3 is 19.0 Å². The smallest absolute Gasteiger partial charge is 0.377 e. The van der Waals surface area contributed by atoms with Crippen molar-refractivity contribution < 1.29 is 13.3 Å². The summed E-state index contributed by atoms with van der Waals surface area (Å²) in [7, 11) is 0.760. The summed E-state index contributed by atoms with van der Waals surface area (Å²) in [6, 6.07) is 0. The molecule has 1 unspecified atom stereocenters. The van der Waals surface area contributed by atoms with E-state index < -0.39 is 8.80 Å².